The summed E-state index contributed by atoms with van der Waals surface area (Å²) in [5.74, 6) is 0. The Morgan fingerprint density at radius 3 is 1.86 bits per heavy atom. The Hall–Kier alpha value is -2.81. The molecule has 3 atom stereocenters. The van der Waals surface area contributed by atoms with Gasteiger partial charge in [-0.2, -0.15) is 8.42 Å². The van der Waals surface area contributed by atoms with Crippen LogP contribution in [0.4, 0.5) is 0 Å². The number of nitrogens with one attached hydrogen (secondary N) is 1. The molecular formula is C28H29NO5S. The van der Waals surface area contributed by atoms with Gasteiger partial charge in [0.25, 0.3) is 10.1 Å². The minimum Gasteiger partial charge on any atom is -0.391 e. The van der Waals surface area contributed by atoms with Gasteiger partial charge in [0.1, 0.15) is 0 Å². The zero-order valence-electron chi connectivity index (χ0n) is 19.5. The van der Waals surface area contributed by atoms with E-state index in [2.05, 4.69) is 72.0 Å². The molecule has 6 nitrogen and oxygen atoms in total. The standard InChI is InChI=1S/C27H25NO2.CH4O3S/c29-23-11-4-12-24(30)27(23)28-15-17-13-14-22-20-9-2-6-16-5-1-8-19(25(16)20)21-10-3-7-18(17)26(21)22;1-5(2,3)4/h1-3,5-10,13-14,23-24,27-30H,4,11-12,15H2;1H3,(H,2,3,4)/t23-,24+,27?;. The van der Waals surface area contributed by atoms with Crippen LogP contribution in [0.5, 0.6) is 0 Å². The average molecular weight is 492 g/mol. The molecule has 5 aromatic carbocycles. The van der Waals surface area contributed by atoms with Gasteiger partial charge in [0.05, 0.1) is 24.5 Å². The van der Waals surface area contributed by atoms with E-state index in [9.17, 15) is 18.6 Å². The van der Waals surface area contributed by atoms with Crippen molar-refractivity contribution in [3.63, 3.8) is 0 Å². The van der Waals surface area contributed by atoms with Crippen molar-refractivity contribution in [2.24, 2.45) is 0 Å². The summed E-state index contributed by atoms with van der Waals surface area (Å²) in [7, 11) is -3.67. The van der Waals surface area contributed by atoms with Crippen molar-refractivity contribution in [1.82, 2.24) is 5.32 Å². The van der Waals surface area contributed by atoms with Crippen LogP contribution in [0, 0.1) is 0 Å². The number of aliphatic hydroxyl groups excluding tert-OH is 2. The number of fused-ring (bicyclic) bond motifs is 2. The molecule has 4 N–H and O–H groups in total. The van der Waals surface area contributed by atoms with Crippen molar-refractivity contribution < 1.29 is 23.2 Å². The highest BCUT2D eigenvalue weighted by Crippen LogP contribution is 2.40. The van der Waals surface area contributed by atoms with Crippen molar-refractivity contribution in [2.75, 3.05) is 6.26 Å². The van der Waals surface area contributed by atoms with Crippen molar-refractivity contribution in [3.8, 4) is 0 Å². The summed E-state index contributed by atoms with van der Waals surface area (Å²) in [6, 6.07) is 23.8. The van der Waals surface area contributed by atoms with Gasteiger partial charge in [0.15, 0.2) is 0 Å². The fourth-order valence-corrected chi connectivity index (χ4v) is 5.51. The predicted molar refractivity (Wildman–Crippen MR) is 142 cm³/mol. The van der Waals surface area contributed by atoms with Crippen LogP contribution >= 0.6 is 0 Å². The summed E-state index contributed by atoms with van der Waals surface area (Å²) >= 11 is 0. The zero-order chi connectivity index (χ0) is 24.7. The number of rotatable bonds is 3. The summed E-state index contributed by atoms with van der Waals surface area (Å²) in [6.45, 7) is 0.630. The average Bonchev–Trinajstić information content (AvgIpc) is 2.81. The van der Waals surface area contributed by atoms with Crippen LogP contribution in [0.3, 0.4) is 0 Å². The Kier molecular flexibility index (Phi) is 6.38. The van der Waals surface area contributed by atoms with Crippen LogP contribution in [-0.2, 0) is 16.7 Å². The van der Waals surface area contributed by atoms with Gasteiger partial charge < -0.3 is 15.5 Å². The molecule has 1 aliphatic carbocycles. The third-order valence-corrected chi connectivity index (χ3v) is 6.97. The first-order valence-electron chi connectivity index (χ1n) is 11.8. The minimum absolute atomic E-state index is 0.265. The van der Waals surface area contributed by atoms with Crippen molar-refractivity contribution in [1.29, 1.82) is 0 Å². The van der Waals surface area contributed by atoms with E-state index < -0.39 is 22.3 Å². The van der Waals surface area contributed by atoms with Gasteiger partial charge in [-0.25, -0.2) is 0 Å². The van der Waals surface area contributed by atoms with E-state index in [1.54, 1.807) is 0 Å². The summed E-state index contributed by atoms with van der Waals surface area (Å²) in [5, 5.41) is 34.4. The molecule has 1 unspecified atom stereocenters. The molecule has 0 radical (unpaired) electrons. The molecular weight excluding hydrogens is 462 g/mol. The smallest absolute Gasteiger partial charge is 0.261 e. The molecule has 0 amide bonds. The van der Waals surface area contributed by atoms with Crippen LogP contribution in [0.2, 0.25) is 0 Å². The summed E-state index contributed by atoms with van der Waals surface area (Å²) in [6.07, 6.45) is 2.12. The molecule has 1 saturated carbocycles. The second-order valence-electron chi connectivity index (χ2n) is 9.41. The number of benzene rings is 5. The van der Waals surface area contributed by atoms with Crippen LogP contribution < -0.4 is 5.32 Å². The highest BCUT2D eigenvalue weighted by Gasteiger charge is 2.30. The first kappa shape index (κ1) is 23.9. The fourth-order valence-electron chi connectivity index (χ4n) is 5.51. The topological polar surface area (TPSA) is 107 Å². The molecule has 0 saturated heterocycles. The largest absolute Gasteiger partial charge is 0.391 e. The third-order valence-electron chi connectivity index (χ3n) is 6.97. The minimum atomic E-state index is -3.67. The fraction of sp³-hybridized carbons (Fsp3) is 0.286. The maximum atomic E-state index is 10.3. The molecule has 5 aromatic rings. The Bertz CT molecular complexity index is 1550. The van der Waals surface area contributed by atoms with Gasteiger partial charge in [0, 0.05) is 6.54 Å². The maximum absolute atomic E-state index is 10.3. The van der Waals surface area contributed by atoms with Gasteiger partial charge >= 0.3 is 0 Å². The normalized spacial score (nSPS) is 21.0. The predicted octanol–water partition coefficient (Wildman–Crippen LogP) is 4.61. The molecule has 0 bridgehead atoms. The molecule has 0 aliphatic heterocycles. The van der Waals surface area contributed by atoms with E-state index in [0.29, 0.717) is 12.8 Å². The molecule has 0 spiro atoms. The summed E-state index contributed by atoms with van der Waals surface area (Å²) < 4.78 is 25.9. The van der Waals surface area contributed by atoms with Gasteiger partial charge in [-0.3, -0.25) is 4.55 Å². The van der Waals surface area contributed by atoms with Crippen molar-refractivity contribution >= 4 is 53.2 Å². The van der Waals surface area contributed by atoms with E-state index >= 15 is 0 Å². The Balaban J connectivity index is 0.000000464. The lowest BCUT2D eigenvalue weighted by Crippen LogP contribution is -2.50. The van der Waals surface area contributed by atoms with Gasteiger partial charge in [-0.1, -0.05) is 66.7 Å². The third kappa shape index (κ3) is 4.70. The lowest BCUT2D eigenvalue weighted by molar-refractivity contribution is 0.000911. The van der Waals surface area contributed by atoms with E-state index in [1.807, 2.05) is 0 Å². The number of hydrogen-bond acceptors (Lipinski definition) is 5. The van der Waals surface area contributed by atoms with Crippen LogP contribution in [-0.4, -0.2) is 47.7 Å². The Morgan fingerprint density at radius 1 is 0.771 bits per heavy atom. The van der Waals surface area contributed by atoms with E-state index in [1.165, 1.54) is 48.7 Å². The quantitative estimate of drug-likeness (QED) is 0.167. The van der Waals surface area contributed by atoms with Gasteiger partial charge in [-0.05, 0) is 67.9 Å². The van der Waals surface area contributed by atoms with Crippen molar-refractivity contribution in [2.45, 2.75) is 44.1 Å². The molecule has 35 heavy (non-hydrogen) atoms. The zero-order valence-corrected chi connectivity index (χ0v) is 20.3. The number of hydrogen-bond donors (Lipinski definition) is 4. The van der Waals surface area contributed by atoms with E-state index in [0.717, 1.165) is 19.3 Å². The summed E-state index contributed by atoms with van der Waals surface area (Å²) in [5.41, 5.74) is 1.20. The second-order valence-corrected chi connectivity index (χ2v) is 10.9. The monoisotopic (exact) mass is 491 g/mol. The van der Waals surface area contributed by atoms with Gasteiger partial charge in [0.2, 0.25) is 0 Å². The Labute approximate surface area is 204 Å². The van der Waals surface area contributed by atoms with E-state index in [-0.39, 0.29) is 6.04 Å². The van der Waals surface area contributed by atoms with Crippen LogP contribution in [0.25, 0.3) is 43.1 Å². The number of aliphatic hydroxyl groups is 2. The first-order valence-corrected chi connectivity index (χ1v) is 13.7. The van der Waals surface area contributed by atoms with Crippen LogP contribution in [0.15, 0.2) is 66.7 Å². The maximum Gasteiger partial charge on any atom is 0.261 e. The van der Waals surface area contributed by atoms with E-state index in [4.69, 9.17) is 4.55 Å². The molecule has 0 heterocycles. The molecule has 1 aliphatic rings. The highest BCUT2D eigenvalue weighted by atomic mass is 32.2. The Morgan fingerprint density at radius 2 is 1.26 bits per heavy atom. The molecule has 182 valence electrons. The summed E-state index contributed by atoms with van der Waals surface area (Å²) in [4.78, 5) is 0. The van der Waals surface area contributed by atoms with Crippen LogP contribution in [0.1, 0.15) is 24.8 Å². The molecule has 0 aromatic heterocycles. The van der Waals surface area contributed by atoms with Gasteiger partial charge in [-0.15, -0.1) is 0 Å². The second kappa shape index (κ2) is 9.33. The molecule has 1 fully saturated rings. The SMILES string of the molecule is CS(=O)(=O)O.O[C@@H]1CCC[C@H](O)C1NCc1ccc2c3cccc4cccc(c5cccc1c52)c43. The molecule has 6 rings (SSSR count). The first-order chi connectivity index (χ1) is 16.7. The highest BCUT2D eigenvalue weighted by molar-refractivity contribution is 7.85. The van der Waals surface area contributed by atoms with Crippen molar-refractivity contribution in [3.05, 3.63) is 72.3 Å². The lowest BCUT2D eigenvalue weighted by Gasteiger charge is -2.33. The lowest BCUT2D eigenvalue weighted by atomic mass is 9.88. The molecule has 7 heteroatoms.